The van der Waals surface area contributed by atoms with Gasteiger partial charge in [0.05, 0.1) is 0 Å². The summed E-state index contributed by atoms with van der Waals surface area (Å²) in [5, 5.41) is 5.82. The number of nitrogens with one attached hydrogen (secondary N) is 1. The van der Waals surface area contributed by atoms with Gasteiger partial charge < -0.3 is 5.32 Å². The summed E-state index contributed by atoms with van der Waals surface area (Å²) in [5.74, 6) is 0.714. The van der Waals surface area contributed by atoms with Gasteiger partial charge in [-0.05, 0) is 29.3 Å². The van der Waals surface area contributed by atoms with E-state index < -0.39 is 0 Å². The first kappa shape index (κ1) is 10.5. The molecule has 0 heterocycles. The maximum Gasteiger partial charge on any atom is 0.0390 e. The number of hydrogen-bond acceptors (Lipinski definition) is 2. The van der Waals surface area contributed by atoms with Crippen LogP contribution in [-0.2, 0) is 6.54 Å². The van der Waals surface area contributed by atoms with Crippen LogP contribution < -0.4 is 5.32 Å². The zero-order valence-corrected chi connectivity index (χ0v) is 9.72. The van der Waals surface area contributed by atoms with Gasteiger partial charge in [0.2, 0.25) is 0 Å². The lowest BCUT2D eigenvalue weighted by atomic mass is 10.0. The van der Waals surface area contributed by atoms with Gasteiger partial charge in [0.25, 0.3) is 0 Å². The van der Waals surface area contributed by atoms with Crippen LogP contribution >= 0.6 is 12.6 Å². The molecule has 0 fully saturated rings. The first-order valence-electron chi connectivity index (χ1n) is 5.10. The third-order valence-electron chi connectivity index (χ3n) is 2.50. The Labute approximate surface area is 95.9 Å². The van der Waals surface area contributed by atoms with E-state index >= 15 is 0 Å². The molecule has 0 saturated carbocycles. The molecular weight excluding hydrogens is 202 g/mol. The van der Waals surface area contributed by atoms with Crippen molar-refractivity contribution in [3.8, 4) is 0 Å². The van der Waals surface area contributed by atoms with Gasteiger partial charge in [0.15, 0.2) is 0 Å². The van der Waals surface area contributed by atoms with Crippen molar-refractivity contribution in [3.63, 3.8) is 0 Å². The van der Waals surface area contributed by atoms with Crippen molar-refractivity contribution in [1.82, 2.24) is 5.32 Å². The Morgan fingerprint density at radius 3 is 2.60 bits per heavy atom. The molecule has 2 rings (SSSR count). The van der Waals surface area contributed by atoms with Crippen LogP contribution in [-0.4, -0.2) is 5.88 Å². The normalized spacial score (nSPS) is 10.8. The molecule has 0 aromatic heterocycles. The van der Waals surface area contributed by atoms with Crippen molar-refractivity contribution in [1.29, 1.82) is 0 Å². The lowest BCUT2D eigenvalue weighted by Crippen LogP contribution is -2.09. The van der Waals surface area contributed by atoms with Gasteiger partial charge in [-0.1, -0.05) is 35.9 Å². The maximum atomic E-state index is 4.13. The number of fused-ring (bicyclic) bond motifs is 1. The number of thiol groups is 1. The zero-order valence-electron chi connectivity index (χ0n) is 8.83. The standard InChI is InChI=1S/C13H15NS/c1-10-2-4-13-7-11(8-14-9-15)3-5-12(13)6-10/h2-7,14-15H,8-9H2,1H3. The molecule has 0 aliphatic carbocycles. The van der Waals surface area contributed by atoms with Gasteiger partial charge in [-0.2, -0.15) is 12.6 Å². The van der Waals surface area contributed by atoms with Crippen LogP contribution in [0.4, 0.5) is 0 Å². The van der Waals surface area contributed by atoms with Crippen molar-refractivity contribution in [3.05, 3.63) is 47.5 Å². The molecule has 1 N–H and O–H groups in total. The van der Waals surface area contributed by atoms with Crippen LogP contribution in [0.25, 0.3) is 10.8 Å². The monoisotopic (exact) mass is 217 g/mol. The molecule has 0 bridgehead atoms. The van der Waals surface area contributed by atoms with Gasteiger partial charge in [-0.3, -0.25) is 0 Å². The number of rotatable bonds is 3. The number of hydrogen-bond donors (Lipinski definition) is 2. The quantitative estimate of drug-likeness (QED) is 0.594. The minimum absolute atomic E-state index is 0.714. The van der Waals surface area contributed by atoms with Gasteiger partial charge >= 0.3 is 0 Å². The predicted octanol–water partition coefficient (Wildman–Crippen LogP) is 3.13. The van der Waals surface area contributed by atoms with E-state index in [-0.39, 0.29) is 0 Å². The summed E-state index contributed by atoms with van der Waals surface area (Å²) in [6, 6.07) is 13.1. The Balaban J connectivity index is 2.34. The van der Waals surface area contributed by atoms with Crippen molar-refractivity contribution in [2.75, 3.05) is 5.88 Å². The van der Waals surface area contributed by atoms with E-state index in [4.69, 9.17) is 0 Å². The second-order valence-electron chi connectivity index (χ2n) is 3.77. The molecule has 0 amide bonds. The topological polar surface area (TPSA) is 12.0 Å². The maximum absolute atomic E-state index is 4.13. The van der Waals surface area contributed by atoms with E-state index in [1.807, 2.05) is 0 Å². The van der Waals surface area contributed by atoms with E-state index in [0.29, 0.717) is 5.88 Å². The average Bonchev–Trinajstić information content (AvgIpc) is 2.26. The molecule has 0 spiro atoms. The fourth-order valence-electron chi connectivity index (χ4n) is 1.72. The first-order chi connectivity index (χ1) is 7.29. The third-order valence-corrected chi connectivity index (χ3v) is 2.72. The largest absolute Gasteiger partial charge is 0.304 e. The lowest BCUT2D eigenvalue weighted by Gasteiger charge is -2.04. The van der Waals surface area contributed by atoms with Gasteiger partial charge in [-0.25, -0.2) is 0 Å². The third kappa shape index (κ3) is 2.52. The van der Waals surface area contributed by atoms with Gasteiger partial charge in [0.1, 0.15) is 0 Å². The highest BCUT2D eigenvalue weighted by molar-refractivity contribution is 7.80. The van der Waals surface area contributed by atoms with Crippen LogP contribution in [0.15, 0.2) is 36.4 Å². The van der Waals surface area contributed by atoms with E-state index in [1.54, 1.807) is 0 Å². The number of aryl methyl sites for hydroxylation is 1. The second kappa shape index (κ2) is 4.69. The Morgan fingerprint density at radius 1 is 1.07 bits per heavy atom. The van der Waals surface area contributed by atoms with Crippen molar-refractivity contribution < 1.29 is 0 Å². The molecule has 0 unspecified atom stereocenters. The van der Waals surface area contributed by atoms with Crippen molar-refractivity contribution in [2.45, 2.75) is 13.5 Å². The highest BCUT2D eigenvalue weighted by Gasteiger charge is 1.96. The zero-order chi connectivity index (χ0) is 10.7. The fraction of sp³-hybridized carbons (Fsp3) is 0.231. The predicted molar refractivity (Wildman–Crippen MR) is 69.4 cm³/mol. The van der Waals surface area contributed by atoms with Crippen LogP contribution in [0, 0.1) is 6.92 Å². The molecule has 2 aromatic carbocycles. The Hall–Kier alpha value is -0.990. The highest BCUT2D eigenvalue weighted by Crippen LogP contribution is 2.17. The van der Waals surface area contributed by atoms with E-state index in [2.05, 4.69) is 61.3 Å². The summed E-state index contributed by atoms with van der Waals surface area (Å²) in [4.78, 5) is 0. The van der Waals surface area contributed by atoms with Crippen molar-refractivity contribution >= 4 is 23.4 Å². The fourth-order valence-corrected chi connectivity index (χ4v) is 1.84. The molecule has 0 radical (unpaired) electrons. The summed E-state index contributed by atoms with van der Waals surface area (Å²) in [6.07, 6.45) is 0. The Bertz CT molecular complexity index is 465. The SMILES string of the molecule is Cc1ccc2cc(CNCS)ccc2c1. The number of benzene rings is 2. The molecule has 0 saturated heterocycles. The molecule has 0 atom stereocenters. The lowest BCUT2D eigenvalue weighted by molar-refractivity contribution is 0.800. The highest BCUT2D eigenvalue weighted by atomic mass is 32.1. The molecule has 78 valence electrons. The average molecular weight is 217 g/mol. The molecule has 1 nitrogen and oxygen atoms in total. The van der Waals surface area contributed by atoms with Gasteiger partial charge in [-0.15, -0.1) is 0 Å². The van der Waals surface area contributed by atoms with Crippen LogP contribution in [0.5, 0.6) is 0 Å². The minimum Gasteiger partial charge on any atom is -0.304 e. The molecule has 2 aromatic rings. The molecular formula is C13H15NS. The summed E-state index contributed by atoms with van der Waals surface area (Å²) >= 11 is 4.13. The Kier molecular flexibility index (Phi) is 3.29. The molecule has 0 aliphatic rings. The minimum atomic E-state index is 0.714. The van der Waals surface area contributed by atoms with E-state index in [1.165, 1.54) is 21.9 Å². The Morgan fingerprint density at radius 2 is 1.80 bits per heavy atom. The smallest absolute Gasteiger partial charge is 0.0390 e. The summed E-state index contributed by atoms with van der Waals surface area (Å²) < 4.78 is 0. The van der Waals surface area contributed by atoms with E-state index in [0.717, 1.165) is 6.54 Å². The molecule has 0 aliphatic heterocycles. The van der Waals surface area contributed by atoms with E-state index in [9.17, 15) is 0 Å². The molecule has 2 heteroatoms. The van der Waals surface area contributed by atoms with Gasteiger partial charge in [0, 0.05) is 12.4 Å². The van der Waals surface area contributed by atoms with Crippen LogP contribution in [0.2, 0.25) is 0 Å². The first-order valence-corrected chi connectivity index (χ1v) is 5.74. The summed E-state index contributed by atoms with van der Waals surface area (Å²) in [6.45, 7) is 3.00. The molecule has 15 heavy (non-hydrogen) atoms. The summed E-state index contributed by atoms with van der Waals surface area (Å²) in [5.41, 5.74) is 2.61. The summed E-state index contributed by atoms with van der Waals surface area (Å²) in [7, 11) is 0. The van der Waals surface area contributed by atoms with Crippen LogP contribution in [0.3, 0.4) is 0 Å². The van der Waals surface area contributed by atoms with Crippen LogP contribution in [0.1, 0.15) is 11.1 Å². The second-order valence-corrected chi connectivity index (χ2v) is 4.09. The van der Waals surface area contributed by atoms with Crippen molar-refractivity contribution in [2.24, 2.45) is 0 Å².